The van der Waals surface area contributed by atoms with Crippen molar-refractivity contribution >= 4 is 22.8 Å². The minimum absolute atomic E-state index is 0.241. The zero-order valence-electron chi connectivity index (χ0n) is 9.21. The molecule has 88 valence electrons. The number of nitrogens with zero attached hydrogens (tertiary/aromatic N) is 2. The second-order valence-corrected chi connectivity index (χ2v) is 4.09. The summed E-state index contributed by atoms with van der Waals surface area (Å²) in [4.78, 5) is 15.4. The third-order valence-electron chi connectivity index (χ3n) is 1.95. The lowest BCUT2D eigenvalue weighted by Gasteiger charge is -2.04. The number of benzene rings is 1. The van der Waals surface area contributed by atoms with E-state index in [-0.39, 0.29) is 6.61 Å². The molecule has 2 aromatic rings. The first-order valence-corrected chi connectivity index (χ1v) is 5.79. The highest BCUT2D eigenvalue weighted by atomic mass is 32.1. The molecule has 2 rings (SSSR count). The van der Waals surface area contributed by atoms with Crippen LogP contribution in [0.1, 0.15) is 11.4 Å². The molecule has 1 heterocycles. The number of nitrogens with one attached hydrogen (secondary N) is 1. The van der Waals surface area contributed by atoms with Gasteiger partial charge in [0.2, 0.25) is 5.13 Å². The molecule has 0 fully saturated rings. The van der Waals surface area contributed by atoms with Gasteiger partial charge in [-0.3, -0.25) is 5.32 Å². The minimum Gasteiger partial charge on any atom is -0.444 e. The number of ether oxygens (including phenoxy) is 1. The van der Waals surface area contributed by atoms with Crippen molar-refractivity contribution < 1.29 is 9.53 Å². The van der Waals surface area contributed by atoms with Gasteiger partial charge in [-0.15, -0.1) is 0 Å². The Morgan fingerprint density at radius 1 is 1.41 bits per heavy atom. The Morgan fingerprint density at radius 2 is 2.18 bits per heavy atom. The van der Waals surface area contributed by atoms with Gasteiger partial charge in [0.1, 0.15) is 12.4 Å². The van der Waals surface area contributed by atoms with Gasteiger partial charge in [-0.05, 0) is 12.5 Å². The summed E-state index contributed by atoms with van der Waals surface area (Å²) in [5.41, 5.74) is 0.941. The first-order chi connectivity index (χ1) is 8.24. The Morgan fingerprint density at radius 3 is 2.82 bits per heavy atom. The molecule has 0 bridgehead atoms. The number of carbonyl (C=O) groups is 1. The number of hydrogen-bond donors (Lipinski definition) is 1. The first kappa shape index (κ1) is 11.5. The van der Waals surface area contributed by atoms with E-state index in [2.05, 4.69) is 14.7 Å². The predicted octanol–water partition coefficient (Wildman–Crippen LogP) is 2.60. The second kappa shape index (κ2) is 5.40. The van der Waals surface area contributed by atoms with Crippen LogP contribution in [0.15, 0.2) is 30.3 Å². The van der Waals surface area contributed by atoms with Crippen LogP contribution in [0.5, 0.6) is 0 Å². The summed E-state index contributed by atoms with van der Waals surface area (Å²) in [5, 5.41) is 2.96. The lowest BCUT2D eigenvalue weighted by atomic mass is 10.2. The van der Waals surface area contributed by atoms with Crippen molar-refractivity contribution in [3.63, 3.8) is 0 Å². The average molecular weight is 249 g/mol. The molecule has 6 heteroatoms. The molecule has 1 N–H and O–H groups in total. The third kappa shape index (κ3) is 3.53. The second-order valence-electron chi connectivity index (χ2n) is 3.33. The normalized spacial score (nSPS) is 9.94. The Bertz CT molecular complexity index is 498. The van der Waals surface area contributed by atoms with Gasteiger partial charge >= 0.3 is 6.09 Å². The molecule has 0 radical (unpaired) electrons. The maximum atomic E-state index is 11.4. The van der Waals surface area contributed by atoms with Gasteiger partial charge in [0, 0.05) is 11.5 Å². The smallest absolute Gasteiger partial charge is 0.413 e. The van der Waals surface area contributed by atoms with Crippen LogP contribution in [-0.2, 0) is 11.3 Å². The molecule has 1 aromatic carbocycles. The quantitative estimate of drug-likeness (QED) is 0.908. The average Bonchev–Trinajstić information content (AvgIpc) is 2.73. The van der Waals surface area contributed by atoms with Crippen molar-refractivity contribution in [1.82, 2.24) is 9.36 Å². The molecule has 0 atom stereocenters. The van der Waals surface area contributed by atoms with E-state index in [9.17, 15) is 4.79 Å². The number of amides is 1. The number of carbonyl (C=O) groups excluding carboxylic acids is 1. The summed E-state index contributed by atoms with van der Waals surface area (Å²) >= 11 is 1.13. The van der Waals surface area contributed by atoms with E-state index in [0.29, 0.717) is 11.0 Å². The monoisotopic (exact) mass is 249 g/mol. The highest BCUT2D eigenvalue weighted by Gasteiger charge is 2.06. The van der Waals surface area contributed by atoms with E-state index >= 15 is 0 Å². The fourth-order valence-corrected chi connectivity index (χ4v) is 1.76. The molecule has 1 amide bonds. The van der Waals surface area contributed by atoms with Crippen LogP contribution in [0.25, 0.3) is 0 Å². The number of hydrogen-bond acceptors (Lipinski definition) is 5. The highest BCUT2D eigenvalue weighted by molar-refractivity contribution is 7.09. The molecule has 0 aliphatic carbocycles. The van der Waals surface area contributed by atoms with E-state index in [1.54, 1.807) is 6.92 Å². The minimum atomic E-state index is -0.523. The fourth-order valence-electron chi connectivity index (χ4n) is 1.19. The zero-order valence-corrected chi connectivity index (χ0v) is 10.0. The van der Waals surface area contributed by atoms with Crippen LogP contribution in [-0.4, -0.2) is 15.5 Å². The van der Waals surface area contributed by atoms with E-state index in [1.165, 1.54) is 0 Å². The van der Waals surface area contributed by atoms with Crippen LogP contribution in [0.3, 0.4) is 0 Å². The molecule has 1 aromatic heterocycles. The van der Waals surface area contributed by atoms with Gasteiger partial charge < -0.3 is 4.74 Å². The Balaban J connectivity index is 1.82. The number of aryl methyl sites for hydroxylation is 1. The molecule has 0 aliphatic rings. The molecule has 0 spiro atoms. The van der Waals surface area contributed by atoms with Gasteiger partial charge in [0.25, 0.3) is 0 Å². The largest absolute Gasteiger partial charge is 0.444 e. The van der Waals surface area contributed by atoms with Gasteiger partial charge in [0.05, 0.1) is 0 Å². The predicted molar refractivity (Wildman–Crippen MR) is 64.9 cm³/mol. The topological polar surface area (TPSA) is 64.1 Å². The van der Waals surface area contributed by atoms with Gasteiger partial charge in [-0.1, -0.05) is 30.3 Å². The van der Waals surface area contributed by atoms with Gasteiger partial charge in [0.15, 0.2) is 0 Å². The van der Waals surface area contributed by atoms with Gasteiger partial charge in [-0.2, -0.15) is 4.37 Å². The summed E-state index contributed by atoms with van der Waals surface area (Å²) in [6.07, 6.45) is -0.523. The van der Waals surface area contributed by atoms with E-state index in [1.807, 2.05) is 30.3 Å². The zero-order chi connectivity index (χ0) is 12.1. The van der Waals surface area contributed by atoms with Crippen LogP contribution >= 0.6 is 11.5 Å². The van der Waals surface area contributed by atoms with Crippen LogP contribution < -0.4 is 5.32 Å². The molecule has 0 saturated carbocycles. The van der Waals surface area contributed by atoms with Crippen molar-refractivity contribution in [3.05, 3.63) is 41.7 Å². The SMILES string of the molecule is Cc1nsc(NC(=O)OCc2ccccc2)n1. The molecule has 0 unspecified atom stereocenters. The lowest BCUT2D eigenvalue weighted by Crippen LogP contribution is -2.13. The Labute approximate surface area is 103 Å². The fraction of sp³-hybridized carbons (Fsp3) is 0.182. The molecule has 0 aliphatic heterocycles. The molecular weight excluding hydrogens is 238 g/mol. The summed E-state index contributed by atoms with van der Waals surface area (Å²) in [6, 6.07) is 9.48. The van der Waals surface area contributed by atoms with E-state index in [4.69, 9.17) is 4.74 Å². The summed E-state index contributed by atoms with van der Waals surface area (Å²) in [6.45, 7) is 2.00. The summed E-state index contributed by atoms with van der Waals surface area (Å²) in [7, 11) is 0. The molecule has 17 heavy (non-hydrogen) atoms. The van der Waals surface area contributed by atoms with Crippen LogP contribution in [0.2, 0.25) is 0 Å². The number of rotatable bonds is 3. The summed E-state index contributed by atoms with van der Waals surface area (Å²) < 4.78 is 8.98. The maximum Gasteiger partial charge on any atom is 0.413 e. The van der Waals surface area contributed by atoms with Gasteiger partial charge in [-0.25, -0.2) is 9.78 Å². The number of aromatic nitrogens is 2. The summed E-state index contributed by atoms with van der Waals surface area (Å²) in [5.74, 6) is 0.633. The molecule has 5 nitrogen and oxygen atoms in total. The maximum absolute atomic E-state index is 11.4. The lowest BCUT2D eigenvalue weighted by molar-refractivity contribution is 0.155. The third-order valence-corrected chi connectivity index (χ3v) is 2.67. The van der Waals surface area contributed by atoms with Crippen molar-refractivity contribution in [2.45, 2.75) is 13.5 Å². The van der Waals surface area contributed by atoms with Crippen molar-refractivity contribution in [2.75, 3.05) is 5.32 Å². The highest BCUT2D eigenvalue weighted by Crippen LogP contribution is 2.10. The van der Waals surface area contributed by atoms with E-state index < -0.39 is 6.09 Å². The molecular formula is C11H11N3O2S. The van der Waals surface area contributed by atoms with Crippen molar-refractivity contribution in [2.24, 2.45) is 0 Å². The number of anilines is 1. The first-order valence-electron chi connectivity index (χ1n) is 5.02. The van der Waals surface area contributed by atoms with E-state index in [0.717, 1.165) is 17.1 Å². The standard InChI is InChI=1S/C11H11N3O2S/c1-8-12-10(17-14-8)13-11(15)16-7-9-5-3-2-4-6-9/h2-6H,7H2,1H3,(H,12,13,14,15). The molecule has 0 saturated heterocycles. The Hall–Kier alpha value is -1.95. The Kier molecular flexibility index (Phi) is 3.66. The van der Waals surface area contributed by atoms with Crippen LogP contribution in [0, 0.1) is 6.92 Å². The van der Waals surface area contributed by atoms with Crippen LogP contribution in [0.4, 0.5) is 9.93 Å². The van der Waals surface area contributed by atoms with Crippen molar-refractivity contribution in [1.29, 1.82) is 0 Å². The van der Waals surface area contributed by atoms with Crippen molar-refractivity contribution in [3.8, 4) is 0 Å².